The fraction of sp³-hybridized carbons (Fsp3) is 0.581. The van der Waals surface area contributed by atoms with Crippen molar-refractivity contribution in [2.45, 2.75) is 77.9 Å². The summed E-state index contributed by atoms with van der Waals surface area (Å²) in [5, 5.41) is 12.7. The molecule has 0 aromatic heterocycles. The smallest absolute Gasteiger partial charge is 0.229 e. The van der Waals surface area contributed by atoms with E-state index >= 15 is 0 Å². The first-order valence-electron chi connectivity index (χ1n) is 14.1. The minimum Gasteiger partial charge on any atom is -0.490 e. The molecule has 2 atom stereocenters. The number of ether oxygens (including phenoxy) is 2. The lowest BCUT2D eigenvalue weighted by Gasteiger charge is -2.32. The average Bonchev–Trinajstić information content (AvgIpc) is 2.92. The van der Waals surface area contributed by atoms with Crippen LogP contribution in [-0.4, -0.2) is 67.5 Å². The van der Waals surface area contributed by atoms with Crippen LogP contribution in [0.3, 0.4) is 0 Å². The fourth-order valence-corrected chi connectivity index (χ4v) is 5.48. The maximum Gasteiger partial charge on any atom is 0.229 e. The van der Waals surface area contributed by atoms with E-state index in [1.807, 2.05) is 43.1 Å². The van der Waals surface area contributed by atoms with Crippen LogP contribution in [0.25, 0.3) is 0 Å². The van der Waals surface area contributed by atoms with Gasteiger partial charge in [0.05, 0.1) is 25.4 Å². The van der Waals surface area contributed by atoms with Gasteiger partial charge in [-0.15, -0.1) is 0 Å². The van der Waals surface area contributed by atoms with Crippen LogP contribution < -0.4 is 15.0 Å². The van der Waals surface area contributed by atoms with E-state index in [9.17, 15) is 4.79 Å². The molecule has 1 heterocycles. The second kappa shape index (κ2) is 13.6. The Hall–Kier alpha value is -2.45. The molecule has 0 unspecified atom stereocenters. The zero-order valence-electron chi connectivity index (χ0n) is 23.5. The highest BCUT2D eigenvalue weighted by atomic mass is 16.5. The standard InChI is InChI=1S/C31H45N3O4/c1-22-16-28(11-8-27(22)19-34-15-14-32-23(2)18-34)33(4)31(36)26-9-12-29(13-10-26)38-30-7-5-6-25(17-30)21-37-24(3)20-35/h5-8,11,16-17,23-24,26,29,32,35H,9-10,12-15,18-21H2,1-4H3/t23-,24+,26?,29?/m0/s1. The predicted octanol–water partition coefficient (Wildman–Crippen LogP) is 4.29. The van der Waals surface area contributed by atoms with Crippen molar-refractivity contribution in [1.29, 1.82) is 0 Å². The monoisotopic (exact) mass is 523 g/mol. The highest BCUT2D eigenvalue weighted by molar-refractivity contribution is 5.94. The van der Waals surface area contributed by atoms with Gasteiger partial charge in [-0.3, -0.25) is 9.69 Å². The summed E-state index contributed by atoms with van der Waals surface area (Å²) >= 11 is 0. The summed E-state index contributed by atoms with van der Waals surface area (Å²) in [7, 11) is 1.91. The molecule has 1 saturated carbocycles. The number of nitrogens with zero attached hydrogens (tertiary/aromatic N) is 2. The Morgan fingerprint density at radius 2 is 1.97 bits per heavy atom. The molecule has 4 rings (SSSR count). The molecule has 208 valence electrons. The highest BCUT2D eigenvalue weighted by Crippen LogP contribution is 2.31. The third kappa shape index (κ3) is 7.79. The van der Waals surface area contributed by atoms with Gasteiger partial charge < -0.3 is 24.8 Å². The van der Waals surface area contributed by atoms with E-state index in [2.05, 4.69) is 42.3 Å². The lowest BCUT2D eigenvalue weighted by molar-refractivity contribution is -0.123. The van der Waals surface area contributed by atoms with Gasteiger partial charge in [-0.1, -0.05) is 18.2 Å². The van der Waals surface area contributed by atoms with Crippen LogP contribution in [0.1, 0.15) is 56.2 Å². The molecular weight excluding hydrogens is 478 g/mol. The van der Waals surface area contributed by atoms with Crippen LogP contribution in [0.4, 0.5) is 5.69 Å². The van der Waals surface area contributed by atoms with Gasteiger partial charge in [-0.2, -0.15) is 0 Å². The van der Waals surface area contributed by atoms with Gasteiger partial charge >= 0.3 is 0 Å². The van der Waals surface area contributed by atoms with Gasteiger partial charge in [0.25, 0.3) is 0 Å². The summed E-state index contributed by atoms with van der Waals surface area (Å²) in [6, 6.07) is 14.9. The molecule has 7 nitrogen and oxygen atoms in total. The summed E-state index contributed by atoms with van der Waals surface area (Å²) in [5.41, 5.74) is 4.57. The van der Waals surface area contributed by atoms with Crippen LogP contribution in [0, 0.1) is 12.8 Å². The maximum absolute atomic E-state index is 13.3. The summed E-state index contributed by atoms with van der Waals surface area (Å²) in [6.45, 7) is 10.8. The Bertz CT molecular complexity index is 1050. The molecule has 1 amide bonds. The van der Waals surface area contributed by atoms with Crippen LogP contribution in [0.5, 0.6) is 5.75 Å². The number of rotatable bonds is 10. The van der Waals surface area contributed by atoms with Crippen LogP contribution in [0.2, 0.25) is 0 Å². The fourth-order valence-electron chi connectivity index (χ4n) is 5.48. The quantitative estimate of drug-likeness (QED) is 0.484. The molecular formula is C31H45N3O4. The molecule has 2 fully saturated rings. The number of nitrogens with one attached hydrogen (secondary N) is 1. The van der Waals surface area contributed by atoms with Crippen molar-refractivity contribution in [3.8, 4) is 5.75 Å². The van der Waals surface area contributed by atoms with E-state index < -0.39 is 0 Å². The largest absolute Gasteiger partial charge is 0.490 e. The van der Waals surface area contributed by atoms with E-state index in [1.54, 1.807) is 0 Å². The number of amides is 1. The molecule has 1 aliphatic heterocycles. The molecule has 2 aromatic carbocycles. The zero-order chi connectivity index (χ0) is 27.1. The molecule has 38 heavy (non-hydrogen) atoms. The van der Waals surface area contributed by atoms with Gasteiger partial charge in [-0.05, 0) is 87.4 Å². The number of carbonyl (C=O) groups is 1. The summed E-state index contributed by atoms with van der Waals surface area (Å²) in [4.78, 5) is 17.7. The van der Waals surface area contributed by atoms with E-state index in [0.29, 0.717) is 12.6 Å². The SMILES string of the molecule is Cc1cc(N(C)C(=O)C2CCC(Oc3cccc(CO[C@H](C)CO)c3)CC2)ccc1CN1CCN[C@@H](C)C1. The first-order chi connectivity index (χ1) is 18.3. The minimum atomic E-state index is -0.186. The molecule has 0 bridgehead atoms. The second-order valence-corrected chi connectivity index (χ2v) is 11.1. The molecule has 1 saturated heterocycles. The number of piperazine rings is 1. The van der Waals surface area contributed by atoms with Crippen molar-refractivity contribution in [1.82, 2.24) is 10.2 Å². The third-order valence-electron chi connectivity index (χ3n) is 7.91. The number of hydrogen-bond acceptors (Lipinski definition) is 6. The molecule has 2 aromatic rings. The molecule has 0 spiro atoms. The Kier molecular flexibility index (Phi) is 10.2. The van der Waals surface area contributed by atoms with Crippen molar-refractivity contribution < 1.29 is 19.4 Å². The Labute approximate surface area is 228 Å². The van der Waals surface area contributed by atoms with Crippen molar-refractivity contribution in [3.05, 3.63) is 59.2 Å². The number of aliphatic hydroxyl groups excluding tert-OH is 1. The summed E-state index contributed by atoms with van der Waals surface area (Å²) < 4.78 is 11.9. The number of aryl methyl sites for hydroxylation is 1. The van der Waals surface area contributed by atoms with Crippen LogP contribution >= 0.6 is 0 Å². The normalized spacial score (nSPS) is 23.1. The zero-order valence-corrected chi connectivity index (χ0v) is 23.5. The Morgan fingerprint density at radius 3 is 2.68 bits per heavy atom. The second-order valence-electron chi connectivity index (χ2n) is 11.1. The van der Waals surface area contributed by atoms with Crippen molar-refractivity contribution in [3.63, 3.8) is 0 Å². The van der Waals surface area contributed by atoms with Gasteiger partial charge in [0.1, 0.15) is 5.75 Å². The lowest BCUT2D eigenvalue weighted by atomic mass is 9.86. The molecule has 1 aliphatic carbocycles. The van der Waals surface area contributed by atoms with Crippen LogP contribution in [0.15, 0.2) is 42.5 Å². The number of aliphatic hydroxyl groups is 1. The summed E-state index contributed by atoms with van der Waals surface area (Å²) in [6.07, 6.45) is 3.34. The molecule has 2 N–H and O–H groups in total. The number of anilines is 1. The van der Waals surface area contributed by atoms with E-state index in [0.717, 1.165) is 68.9 Å². The third-order valence-corrected chi connectivity index (χ3v) is 7.91. The predicted molar refractivity (Wildman–Crippen MR) is 151 cm³/mol. The van der Waals surface area contributed by atoms with Crippen molar-refractivity contribution in [2.75, 3.05) is 38.2 Å². The number of carbonyl (C=O) groups excluding carboxylic acids is 1. The number of benzene rings is 2. The average molecular weight is 524 g/mol. The van der Waals surface area contributed by atoms with E-state index in [-0.39, 0.29) is 30.6 Å². The first-order valence-corrected chi connectivity index (χ1v) is 14.1. The molecule has 2 aliphatic rings. The maximum atomic E-state index is 13.3. The van der Waals surface area contributed by atoms with Gasteiger partial charge in [-0.25, -0.2) is 0 Å². The first kappa shape index (κ1) is 28.6. The molecule has 7 heteroatoms. The summed E-state index contributed by atoms with van der Waals surface area (Å²) in [5.74, 6) is 1.06. The minimum absolute atomic E-state index is 0.00842. The van der Waals surface area contributed by atoms with Gasteiger partial charge in [0, 0.05) is 50.9 Å². The number of hydrogen-bond donors (Lipinski definition) is 2. The highest BCUT2D eigenvalue weighted by Gasteiger charge is 2.30. The van der Waals surface area contributed by atoms with Gasteiger partial charge in [0.15, 0.2) is 0 Å². The Balaban J connectivity index is 1.27. The van der Waals surface area contributed by atoms with E-state index in [1.165, 1.54) is 11.1 Å². The molecule has 0 radical (unpaired) electrons. The van der Waals surface area contributed by atoms with Crippen LogP contribution in [-0.2, 0) is 22.7 Å². The van der Waals surface area contributed by atoms with Crippen molar-refractivity contribution in [2.24, 2.45) is 5.92 Å². The van der Waals surface area contributed by atoms with E-state index in [4.69, 9.17) is 14.6 Å². The lowest BCUT2D eigenvalue weighted by Crippen LogP contribution is -2.48. The Morgan fingerprint density at radius 1 is 1.18 bits per heavy atom. The van der Waals surface area contributed by atoms with Crippen molar-refractivity contribution >= 4 is 11.6 Å². The van der Waals surface area contributed by atoms with Gasteiger partial charge in [0.2, 0.25) is 5.91 Å². The topological polar surface area (TPSA) is 74.3 Å².